The third-order valence-electron chi connectivity index (χ3n) is 2.34. The van der Waals surface area contributed by atoms with E-state index in [-0.39, 0.29) is 27.1 Å². The van der Waals surface area contributed by atoms with Gasteiger partial charge >= 0.3 is 0 Å². The molecule has 0 spiro atoms. The monoisotopic (exact) mass is 261 g/mol. The third kappa shape index (κ3) is 2.51. The third-order valence-corrected chi connectivity index (χ3v) is 3.06. The molecule has 0 amide bonds. The van der Waals surface area contributed by atoms with E-state index in [0.717, 1.165) is 0 Å². The highest BCUT2D eigenvalue weighted by Gasteiger charge is 2.23. The molecule has 0 heterocycles. The number of nitro groups is 1. The normalized spacial score (nSPS) is 12.2. The molecule has 0 fully saturated rings. The van der Waals surface area contributed by atoms with Crippen LogP contribution >= 0.6 is 23.2 Å². The van der Waals surface area contributed by atoms with Gasteiger partial charge in [-0.15, -0.1) is 0 Å². The van der Waals surface area contributed by atoms with Crippen LogP contribution in [0.5, 0.6) is 0 Å². The number of rotatable bonds is 3. The number of nitrogens with zero attached hydrogens (tertiary/aromatic N) is 1. The van der Waals surface area contributed by atoms with Gasteiger partial charge in [-0.3, -0.25) is 14.9 Å². The fourth-order valence-electron chi connectivity index (χ4n) is 1.28. The van der Waals surface area contributed by atoms with Crippen LogP contribution in [0.25, 0.3) is 0 Å². The van der Waals surface area contributed by atoms with Gasteiger partial charge in [0.05, 0.1) is 15.0 Å². The van der Waals surface area contributed by atoms with Gasteiger partial charge in [-0.1, -0.05) is 30.1 Å². The Morgan fingerprint density at radius 1 is 1.38 bits per heavy atom. The quantitative estimate of drug-likeness (QED) is 0.617. The lowest BCUT2D eigenvalue weighted by Crippen LogP contribution is -2.07. The molecule has 1 aromatic carbocycles. The van der Waals surface area contributed by atoms with Crippen molar-refractivity contribution >= 4 is 34.7 Å². The Hall–Kier alpha value is -1.13. The Morgan fingerprint density at radius 3 is 2.31 bits per heavy atom. The molecule has 86 valence electrons. The Labute approximate surface area is 102 Å². The summed E-state index contributed by atoms with van der Waals surface area (Å²) in [7, 11) is 0. The fourth-order valence-corrected chi connectivity index (χ4v) is 1.61. The van der Waals surface area contributed by atoms with Crippen LogP contribution in [0.1, 0.15) is 25.3 Å². The predicted molar refractivity (Wildman–Crippen MR) is 62.2 cm³/mol. The van der Waals surface area contributed by atoms with Gasteiger partial charge in [0, 0.05) is 17.5 Å². The molecule has 0 aromatic heterocycles. The standard InChI is InChI=1S/C10H9Cl2NO3/c1-5(6(2)14)7-3-8(11)9(12)4-10(7)13(15)16/h3-5H,1-2H3. The Morgan fingerprint density at radius 2 is 1.88 bits per heavy atom. The van der Waals surface area contributed by atoms with Gasteiger partial charge in [0.2, 0.25) is 0 Å². The number of Topliss-reactive ketones (excluding diaryl/α,β-unsaturated/α-hetero) is 1. The van der Waals surface area contributed by atoms with E-state index in [1.54, 1.807) is 6.92 Å². The molecule has 1 atom stereocenters. The van der Waals surface area contributed by atoms with Crippen molar-refractivity contribution in [3.8, 4) is 0 Å². The van der Waals surface area contributed by atoms with Crippen LogP contribution in [0.2, 0.25) is 10.0 Å². The molecular formula is C10H9Cl2NO3. The molecule has 0 saturated heterocycles. The molecule has 6 heteroatoms. The van der Waals surface area contributed by atoms with Crippen molar-refractivity contribution < 1.29 is 9.72 Å². The highest BCUT2D eigenvalue weighted by atomic mass is 35.5. The number of carbonyl (C=O) groups is 1. The topological polar surface area (TPSA) is 60.2 Å². The summed E-state index contributed by atoms with van der Waals surface area (Å²) in [6.07, 6.45) is 0. The van der Waals surface area contributed by atoms with Crippen LogP contribution < -0.4 is 0 Å². The number of halogens is 2. The first-order valence-corrected chi connectivity index (χ1v) is 5.24. The number of hydrogen-bond donors (Lipinski definition) is 0. The highest BCUT2D eigenvalue weighted by molar-refractivity contribution is 6.42. The molecule has 0 aliphatic rings. The van der Waals surface area contributed by atoms with Gasteiger partial charge in [-0.05, 0) is 13.0 Å². The van der Waals surface area contributed by atoms with E-state index >= 15 is 0 Å². The van der Waals surface area contributed by atoms with Crippen LogP contribution in [-0.2, 0) is 4.79 Å². The fraction of sp³-hybridized carbons (Fsp3) is 0.300. The van der Waals surface area contributed by atoms with Crippen LogP contribution in [0.15, 0.2) is 12.1 Å². The molecule has 0 aliphatic heterocycles. The van der Waals surface area contributed by atoms with Crippen molar-refractivity contribution in [2.24, 2.45) is 0 Å². The minimum absolute atomic E-state index is 0.105. The van der Waals surface area contributed by atoms with E-state index in [0.29, 0.717) is 0 Å². The van der Waals surface area contributed by atoms with E-state index in [4.69, 9.17) is 23.2 Å². The molecule has 0 N–H and O–H groups in total. The van der Waals surface area contributed by atoms with Gasteiger partial charge in [-0.2, -0.15) is 0 Å². The Kier molecular flexibility index (Phi) is 3.88. The van der Waals surface area contributed by atoms with Crippen LogP contribution in [-0.4, -0.2) is 10.7 Å². The lowest BCUT2D eigenvalue weighted by molar-refractivity contribution is -0.385. The van der Waals surface area contributed by atoms with Gasteiger partial charge in [-0.25, -0.2) is 0 Å². The van der Waals surface area contributed by atoms with E-state index in [2.05, 4.69) is 0 Å². The predicted octanol–water partition coefficient (Wildman–Crippen LogP) is 3.59. The lowest BCUT2D eigenvalue weighted by atomic mass is 9.96. The molecule has 0 radical (unpaired) electrons. The first-order valence-electron chi connectivity index (χ1n) is 4.48. The van der Waals surface area contributed by atoms with Gasteiger partial charge in [0.25, 0.3) is 5.69 Å². The van der Waals surface area contributed by atoms with Crippen LogP contribution in [0, 0.1) is 10.1 Å². The second kappa shape index (κ2) is 4.80. The van der Waals surface area contributed by atoms with E-state index in [9.17, 15) is 14.9 Å². The Bertz CT molecular complexity index is 460. The lowest BCUT2D eigenvalue weighted by Gasteiger charge is -2.09. The average molecular weight is 262 g/mol. The molecular weight excluding hydrogens is 253 g/mol. The van der Waals surface area contributed by atoms with Crippen LogP contribution in [0.3, 0.4) is 0 Å². The zero-order valence-electron chi connectivity index (χ0n) is 8.66. The van der Waals surface area contributed by atoms with Crippen LogP contribution in [0.4, 0.5) is 5.69 Å². The molecule has 1 unspecified atom stereocenters. The summed E-state index contributed by atoms with van der Waals surface area (Å²) >= 11 is 11.5. The molecule has 16 heavy (non-hydrogen) atoms. The maximum atomic E-state index is 11.2. The van der Waals surface area contributed by atoms with E-state index < -0.39 is 10.8 Å². The smallest absolute Gasteiger partial charge is 0.274 e. The van der Waals surface area contributed by atoms with E-state index in [1.807, 2.05) is 0 Å². The first kappa shape index (κ1) is 12.9. The second-order valence-electron chi connectivity index (χ2n) is 3.41. The van der Waals surface area contributed by atoms with Crippen molar-refractivity contribution in [2.75, 3.05) is 0 Å². The van der Waals surface area contributed by atoms with Crippen molar-refractivity contribution in [1.29, 1.82) is 0 Å². The van der Waals surface area contributed by atoms with Gasteiger partial charge < -0.3 is 0 Å². The van der Waals surface area contributed by atoms with Gasteiger partial charge in [0.15, 0.2) is 0 Å². The number of hydrogen-bond acceptors (Lipinski definition) is 3. The van der Waals surface area contributed by atoms with Crippen molar-refractivity contribution in [1.82, 2.24) is 0 Å². The summed E-state index contributed by atoms with van der Waals surface area (Å²) in [6, 6.07) is 2.53. The molecule has 0 saturated carbocycles. The summed E-state index contributed by atoms with van der Waals surface area (Å²) in [5.74, 6) is -0.739. The highest BCUT2D eigenvalue weighted by Crippen LogP contribution is 2.34. The molecule has 1 aromatic rings. The molecule has 4 nitrogen and oxygen atoms in total. The van der Waals surface area contributed by atoms with Crippen molar-refractivity contribution in [2.45, 2.75) is 19.8 Å². The maximum absolute atomic E-state index is 11.2. The first-order chi connectivity index (χ1) is 7.34. The maximum Gasteiger partial charge on any atom is 0.274 e. The van der Waals surface area contributed by atoms with Crippen molar-refractivity contribution in [3.63, 3.8) is 0 Å². The minimum Gasteiger partial charge on any atom is -0.299 e. The zero-order chi connectivity index (χ0) is 12.5. The molecule has 0 bridgehead atoms. The van der Waals surface area contributed by atoms with Gasteiger partial charge in [0.1, 0.15) is 5.78 Å². The molecule has 1 rings (SSSR count). The SMILES string of the molecule is CC(=O)C(C)c1cc(Cl)c(Cl)cc1[N+](=O)[O-]. The average Bonchev–Trinajstić information content (AvgIpc) is 2.19. The number of nitro benzene ring substituents is 1. The summed E-state index contributed by atoms with van der Waals surface area (Å²) in [6.45, 7) is 2.96. The summed E-state index contributed by atoms with van der Waals surface area (Å²) in [4.78, 5) is 21.4. The molecule has 0 aliphatic carbocycles. The number of ketones is 1. The van der Waals surface area contributed by atoms with Crippen molar-refractivity contribution in [3.05, 3.63) is 37.9 Å². The van der Waals surface area contributed by atoms with E-state index in [1.165, 1.54) is 19.1 Å². The largest absolute Gasteiger partial charge is 0.299 e. The summed E-state index contributed by atoms with van der Waals surface area (Å²) in [5, 5.41) is 11.1. The summed E-state index contributed by atoms with van der Waals surface area (Å²) in [5.41, 5.74) is 0.101. The number of benzene rings is 1. The minimum atomic E-state index is -0.574. The number of carbonyl (C=O) groups excluding carboxylic acids is 1. The summed E-state index contributed by atoms with van der Waals surface area (Å²) < 4.78 is 0. The second-order valence-corrected chi connectivity index (χ2v) is 4.23. The zero-order valence-corrected chi connectivity index (χ0v) is 10.2. The Balaban J connectivity index is 3.41.